The SMILES string of the molecule is CC(C)Oc1cccc(CN[C@@H](C)c2cccnc2)c1. The van der Waals surface area contributed by atoms with Gasteiger partial charge in [-0.15, -0.1) is 0 Å². The van der Waals surface area contributed by atoms with E-state index in [1.165, 1.54) is 11.1 Å². The molecular weight excluding hydrogens is 248 g/mol. The zero-order valence-corrected chi connectivity index (χ0v) is 12.3. The van der Waals surface area contributed by atoms with Gasteiger partial charge in [0.1, 0.15) is 5.75 Å². The molecule has 0 aliphatic rings. The second-order valence-electron chi connectivity index (χ2n) is 5.20. The normalized spacial score (nSPS) is 12.4. The van der Waals surface area contributed by atoms with Crippen LogP contribution in [0.4, 0.5) is 0 Å². The number of rotatable bonds is 6. The lowest BCUT2D eigenvalue weighted by molar-refractivity contribution is 0.242. The molecular formula is C17H22N2O. The Morgan fingerprint density at radius 3 is 2.70 bits per heavy atom. The van der Waals surface area contributed by atoms with E-state index >= 15 is 0 Å². The average Bonchev–Trinajstić information content (AvgIpc) is 2.45. The van der Waals surface area contributed by atoms with Gasteiger partial charge in [-0.3, -0.25) is 4.98 Å². The summed E-state index contributed by atoms with van der Waals surface area (Å²) in [5, 5.41) is 3.50. The van der Waals surface area contributed by atoms with Crippen molar-refractivity contribution in [1.29, 1.82) is 0 Å². The molecule has 0 saturated carbocycles. The van der Waals surface area contributed by atoms with Crippen molar-refractivity contribution < 1.29 is 4.74 Å². The van der Waals surface area contributed by atoms with Crippen molar-refractivity contribution in [1.82, 2.24) is 10.3 Å². The lowest BCUT2D eigenvalue weighted by atomic mass is 10.1. The molecule has 2 aromatic rings. The highest BCUT2D eigenvalue weighted by atomic mass is 16.5. The molecule has 0 spiro atoms. The molecule has 3 nitrogen and oxygen atoms in total. The molecule has 106 valence electrons. The standard InChI is InChI=1S/C17H22N2O/c1-13(2)20-17-8-4-6-15(10-17)11-19-14(3)16-7-5-9-18-12-16/h4-10,12-14,19H,11H2,1-3H3/t14-/m0/s1. The van der Waals surface area contributed by atoms with Crippen LogP contribution in [0, 0.1) is 0 Å². The van der Waals surface area contributed by atoms with Crippen LogP contribution in [-0.4, -0.2) is 11.1 Å². The first-order valence-electron chi connectivity index (χ1n) is 7.04. The second-order valence-corrected chi connectivity index (χ2v) is 5.20. The quantitative estimate of drug-likeness (QED) is 0.868. The van der Waals surface area contributed by atoms with E-state index in [1.807, 2.05) is 38.2 Å². The van der Waals surface area contributed by atoms with Gasteiger partial charge < -0.3 is 10.1 Å². The van der Waals surface area contributed by atoms with Crippen LogP contribution in [0.2, 0.25) is 0 Å². The monoisotopic (exact) mass is 270 g/mol. The van der Waals surface area contributed by atoms with E-state index in [-0.39, 0.29) is 12.1 Å². The maximum atomic E-state index is 5.71. The molecule has 0 amide bonds. The van der Waals surface area contributed by atoms with Crippen molar-refractivity contribution in [2.75, 3.05) is 0 Å². The summed E-state index contributed by atoms with van der Waals surface area (Å²) in [7, 11) is 0. The summed E-state index contributed by atoms with van der Waals surface area (Å²) < 4.78 is 5.71. The van der Waals surface area contributed by atoms with Crippen LogP contribution in [0.5, 0.6) is 5.75 Å². The summed E-state index contributed by atoms with van der Waals surface area (Å²) in [6.45, 7) is 7.03. The molecule has 3 heteroatoms. The van der Waals surface area contributed by atoms with E-state index < -0.39 is 0 Å². The van der Waals surface area contributed by atoms with Crippen LogP contribution >= 0.6 is 0 Å². The van der Waals surface area contributed by atoms with Gasteiger partial charge in [-0.25, -0.2) is 0 Å². The number of hydrogen-bond donors (Lipinski definition) is 1. The highest BCUT2D eigenvalue weighted by Crippen LogP contribution is 2.16. The molecule has 0 radical (unpaired) electrons. The number of aromatic nitrogens is 1. The maximum Gasteiger partial charge on any atom is 0.120 e. The largest absolute Gasteiger partial charge is 0.491 e. The van der Waals surface area contributed by atoms with Gasteiger partial charge in [-0.05, 0) is 50.1 Å². The highest BCUT2D eigenvalue weighted by molar-refractivity contribution is 5.28. The van der Waals surface area contributed by atoms with E-state index in [0.717, 1.165) is 12.3 Å². The van der Waals surface area contributed by atoms with Crippen molar-refractivity contribution in [3.05, 3.63) is 59.9 Å². The number of pyridine rings is 1. The van der Waals surface area contributed by atoms with Gasteiger partial charge >= 0.3 is 0 Å². The zero-order valence-electron chi connectivity index (χ0n) is 12.3. The first-order chi connectivity index (χ1) is 9.65. The Balaban J connectivity index is 1.94. The molecule has 20 heavy (non-hydrogen) atoms. The Kier molecular flexibility index (Phi) is 5.13. The van der Waals surface area contributed by atoms with E-state index in [1.54, 1.807) is 6.20 Å². The molecule has 1 atom stereocenters. The van der Waals surface area contributed by atoms with Gasteiger partial charge in [0.25, 0.3) is 0 Å². The molecule has 0 aliphatic carbocycles. The first-order valence-corrected chi connectivity index (χ1v) is 7.04. The Morgan fingerprint density at radius 1 is 1.15 bits per heavy atom. The molecule has 0 fully saturated rings. The molecule has 0 saturated heterocycles. The highest BCUT2D eigenvalue weighted by Gasteiger charge is 2.05. The third-order valence-electron chi connectivity index (χ3n) is 3.07. The fourth-order valence-corrected chi connectivity index (χ4v) is 2.02. The van der Waals surface area contributed by atoms with Crippen LogP contribution in [-0.2, 0) is 6.54 Å². The second kappa shape index (κ2) is 7.06. The van der Waals surface area contributed by atoms with Crippen molar-refractivity contribution in [3.8, 4) is 5.75 Å². The Labute approximate surface area is 121 Å². The maximum absolute atomic E-state index is 5.71. The summed E-state index contributed by atoms with van der Waals surface area (Å²) in [5.41, 5.74) is 2.42. The summed E-state index contributed by atoms with van der Waals surface area (Å²) in [4.78, 5) is 4.15. The van der Waals surface area contributed by atoms with Gasteiger partial charge in [0, 0.05) is 25.0 Å². The fourth-order valence-electron chi connectivity index (χ4n) is 2.02. The molecule has 2 rings (SSSR count). The minimum Gasteiger partial charge on any atom is -0.491 e. The number of nitrogens with zero attached hydrogens (tertiary/aromatic N) is 1. The van der Waals surface area contributed by atoms with Gasteiger partial charge in [0.15, 0.2) is 0 Å². The first kappa shape index (κ1) is 14.5. The van der Waals surface area contributed by atoms with Crippen LogP contribution < -0.4 is 10.1 Å². The molecule has 1 aromatic carbocycles. The lowest BCUT2D eigenvalue weighted by Crippen LogP contribution is -2.18. The van der Waals surface area contributed by atoms with E-state index in [9.17, 15) is 0 Å². The van der Waals surface area contributed by atoms with E-state index in [4.69, 9.17) is 4.74 Å². The molecule has 1 aromatic heterocycles. The average molecular weight is 270 g/mol. The predicted molar refractivity (Wildman–Crippen MR) is 81.7 cm³/mol. The number of hydrogen-bond acceptors (Lipinski definition) is 3. The van der Waals surface area contributed by atoms with Crippen LogP contribution in [0.1, 0.15) is 37.9 Å². The van der Waals surface area contributed by atoms with Crippen LogP contribution in [0.15, 0.2) is 48.8 Å². The van der Waals surface area contributed by atoms with Gasteiger partial charge in [0.05, 0.1) is 6.10 Å². The number of ether oxygens (including phenoxy) is 1. The smallest absolute Gasteiger partial charge is 0.120 e. The van der Waals surface area contributed by atoms with Crippen molar-refractivity contribution in [3.63, 3.8) is 0 Å². The van der Waals surface area contributed by atoms with Gasteiger partial charge in [-0.1, -0.05) is 18.2 Å². The Morgan fingerprint density at radius 2 is 2.00 bits per heavy atom. The Bertz CT molecular complexity index is 526. The van der Waals surface area contributed by atoms with Crippen molar-refractivity contribution in [2.24, 2.45) is 0 Å². The summed E-state index contributed by atoms with van der Waals surface area (Å²) >= 11 is 0. The fraction of sp³-hybridized carbons (Fsp3) is 0.353. The number of benzene rings is 1. The third kappa shape index (κ3) is 4.35. The van der Waals surface area contributed by atoms with Crippen LogP contribution in [0.3, 0.4) is 0 Å². The van der Waals surface area contributed by atoms with Crippen LogP contribution in [0.25, 0.3) is 0 Å². The third-order valence-corrected chi connectivity index (χ3v) is 3.07. The van der Waals surface area contributed by atoms with Crippen molar-refractivity contribution in [2.45, 2.75) is 39.5 Å². The topological polar surface area (TPSA) is 34.1 Å². The minimum absolute atomic E-state index is 0.201. The zero-order chi connectivity index (χ0) is 14.4. The van der Waals surface area contributed by atoms with Gasteiger partial charge in [-0.2, -0.15) is 0 Å². The predicted octanol–water partition coefficient (Wildman–Crippen LogP) is 3.72. The van der Waals surface area contributed by atoms with Gasteiger partial charge in [0.2, 0.25) is 0 Å². The molecule has 1 heterocycles. The van der Waals surface area contributed by atoms with E-state index in [0.29, 0.717) is 0 Å². The molecule has 0 aliphatic heterocycles. The summed E-state index contributed by atoms with van der Waals surface area (Å²) in [6.07, 6.45) is 3.89. The minimum atomic E-state index is 0.201. The molecule has 0 bridgehead atoms. The van der Waals surface area contributed by atoms with Crippen molar-refractivity contribution >= 4 is 0 Å². The number of nitrogens with one attached hydrogen (secondary N) is 1. The Hall–Kier alpha value is -1.87. The summed E-state index contributed by atoms with van der Waals surface area (Å²) in [5.74, 6) is 0.924. The van der Waals surface area contributed by atoms with E-state index in [2.05, 4.69) is 35.4 Å². The lowest BCUT2D eigenvalue weighted by Gasteiger charge is -2.15. The molecule has 0 unspecified atom stereocenters. The molecule has 1 N–H and O–H groups in total. The summed E-state index contributed by atoms with van der Waals surface area (Å²) in [6, 6.07) is 12.5.